The van der Waals surface area contributed by atoms with Crippen molar-refractivity contribution in [2.75, 3.05) is 0 Å². The van der Waals surface area contributed by atoms with Gasteiger partial charge in [0.2, 0.25) is 0 Å². The van der Waals surface area contributed by atoms with Gasteiger partial charge in [0.1, 0.15) is 0 Å². The van der Waals surface area contributed by atoms with E-state index in [4.69, 9.17) is 5.11 Å². The Hall–Kier alpha value is -1.52. The van der Waals surface area contributed by atoms with Gasteiger partial charge in [0, 0.05) is 6.42 Å². The maximum absolute atomic E-state index is 11.9. The Balaban J connectivity index is 2.31. The van der Waals surface area contributed by atoms with Crippen molar-refractivity contribution >= 4 is 5.97 Å². The lowest BCUT2D eigenvalue weighted by Gasteiger charge is -2.06. The van der Waals surface area contributed by atoms with Crippen LogP contribution in [0.3, 0.4) is 0 Å². The van der Waals surface area contributed by atoms with Crippen LogP contribution >= 0.6 is 0 Å². The van der Waals surface area contributed by atoms with Crippen molar-refractivity contribution in [2.45, 2.75) is 38.3 Å². The highest BCUT2D eigenvalue weighted by Crippen LogP contribution is 2.23. The molecule has 0 saturated heterocycles. The molecule has 100 valence electrons. The van der Waals surface area contributed by atoms with Gasteiger partial charge in [0.25, 0.3) is 0 Å². The van der Waals surface area contributed by atoms with Crippen LogP contribution in [0.1, 0.15) is 41.6 Å². The van der Waals surface area contributed by atoms with E-state index in [1.807, 2.05) is 0 Å². The van der Waals surface area contributed by atoms with Gasteiger partial charge in [-0.1, -0.05) is 18.6 Å². The second-order valence-corrected chi connectivity index (χ2v) is 4.18. The summed E-state index contributed by atoms with van der Waals surface area (Å²) in [6, 6.07) is 6.49. The Kier molecular flexibility index (Phi) is 5.19. The summed E-state index contributed by atoms with van der Waals surface area (Å²) in [7, 11) is 0. The molecule has 0 aromatic heterocycles. The maximum Gasteiger partial charge on any atom is 0.389 e. The summed E-state index contributed by atoms with van der Waals surface area (Å²) in [5.74, 6) is -0.992. The van der Waals surface area contributed by atoms with E-state index in [2.05, 4.69) is 0 Å². The number of unbranched alkanes of at least 4 members (excludes halogenated alkanes) is 2. The average molecular weight is 260 g/mol. The second-order valence-electron chi connectivity index (χ2n) is 4.18. The Morgan fingerprint density at radius 2 is 1.89 bits per heavy atom. The second kappa shape index (κ2) is 6.42. The van der Waals surface area contributed by atoms with Crippen LogP contribution < -0.4 is 0 Å². The lowest BCUT2D eigenvalue weighted by molar-refractivity contribution is -0.135. The third-order valence-corrected chi connectivity index (χ3v) is 2.60. The highest BCUT2D eigenvalue weighted by molar-refractivity contribution is 5.87. The van der Waals surface area contributed by atoms with Gasteiger partial charge in [-0.2, -0.15) is 13.2 Å². The molecule has 0 aliphatic carbocycles. The van der Waals surface area contributed by atoms with E-state index >= 15 is 0 Å². The molecule has 1 rings (SSSR count). The molecule has 0 amide bonds. The lowest BCUT2D eigenvalue weighted by atomic mass is 10.0. The topological polar surface area (TPSA) is 37.3 Å². The highest BCUT2D eigenvalue weighted by atomic mass is 19.4. The standard InChI is InChI=1S/C13H15F3O2/c14-13(15,16)8-3-1-2-5-10-6-4-7-11(9-10)12(17)18/h4,6-7,9H,1-3,5,8H2,(H,17,18). The Labute approximate surface area is 103 Å². The van der Waals surface area contributed by atoms with E-state index in [9.17, 15) is 18.0 Å². The minimum absolute atomic E-state index is 0.127. The number of carbonyl (C=O) groups is 1. The Morgan fingerprint density at radius 1 is 1.17 bits per heavy atom. The summed E-state index contributed by atoms with van der Waals surface area (Å²) >= 11 is 0. The molecule has 0 radical (unpaired) electrons. The molecule has 18 heavy (non-hydrogen) atoms. The maximum atomic E-state index is 11.9. The number of aromatic carboxylic acids is 1. The zero-order chi connectivity index (χ0) is 13.6. The van der Waals surface area contributed by atoms with Crippen LogP contribution in [0.4, 0.5) is 13.2 Å². The van der Waals surface area contributed by atoms with Crippen molar-refractivity contribution in [1.82, 2.24) is 0 Å². The van der Waals surface area contributed by atoms with Crippen LogP contribution in [0.5, 0.6) is 0 Å². The fraction of sp³-hybridized carbons (Fsp3) is 0.462. The summed E-state index contributed by atoms with van der Waals surface area (Å²) in [5, 5.41) is 8.78. The first-order valence-corrected chi connectivity index (χ1v) is 5.77. The number of halogens is 3. The summed E-state index contributed by atoms with van der Waals surface area (Å²) in [6.07, 6.45) is -2.96. The van der Waals surface area contributed by atoms with Gasteiger partial charge < -0.3 is 5.11 Å². The largest absolute Gasteiger partial charge is 0.478 e. The van der Waals surface area contributed by atoms with Crippen LogP contribution in [-0.4, -0.2) is 17.3 Å². The third-order valence-electron chi connectivity index (χ3n) is 2.60. The van der Waals surface area contributed by atoms with E-state index in [-0.39, 0.29) is 12.0 Å². The smallest absolute Gasteiger partial charge is 0.389 e. The molecule has 1 aromatic rings. The number of hydrogen-bond donors (Lipinski definition) is 1. The first-order chi connectivity index (χ1) is 8.38. The van der Waals surface area contributed by atoms with Crippen molar-refractivity contribution in [2.24, 2.45) is 0 Å². The number of aryl methyl sites for hydroxylation is 1. The normalized spacial score (nSPS) is 11.5. The van der Waals surface area contributed by atoms with E-state index in [0.29, 0.717) is 19.3 Å². The molecular weight excluding hydrogens is 245 g/mol. The van der Waals surface area contributed by atoms with Crippen molar-refractivity contribution in [3.05, 3.63) is 35.4 Å². The van der Waals surface area contributed by atoms with Gasteiger partial charge >= 0.3 is 12.1 Å². The average Bonchev–Trinajstić information content (AvgIpc) is 2.27. The summed E-state index contributed by atoms with van der Waals surface area (Å²) in [5.41, 5.74) is 1.06. The molecule has 1 N–H and O–H groups in total. The summed E-state index contributed by atoms with van der Waals surface area (Å²) in [4.78, 5) is 10.7. The predicted molar refractivity (Wildman–Crippen MR) is 61.6 cm³/mol. The van der Waals surface area contributed by atoms with Crippen molar-refractivity contribution in [1.29, 1.82) is 0 Å². The van der Waals surface area contributed by atoms with Gasteiger partial charge in [0.05, 0.1) is 5.56 Å². The molecule has 0 aliphatic heterocycles. The van der Waals surface area contributed by atoms with Gasteiger partial charge in [-0.25, -0.2) is 4.79 Å². The number of alkyl halides is 3. The van der Waals surface area contributed by atoms with E-state index in [0.717, 1.165) is 5.56 Å². The van der Waals surface area contributed by atoms with Crippen LogP contribution in [0, 0.1) is 0 Å². The van der Waals surface area contributed by atoms with Crippen molar-refractivity contribution < 1.29 is 23.1 Å². The monoisotopic (exact) mass is 260 g/mol. The minimum atomic E-state index is -4.08. The molecule has 0 atom stereocenters. The number of benzene rings is 1. The highest BCUT2D eigenvalue weighted by Gasteiger charge is 2.25. The van der Waals surface area contributed by atoms with Crippen LogP contribution in [0.25, 0.3) is 0 Å². The fourth-order valence-corrected chi connectivity index (χ4v) is 1.69. The van der Waals surface area contributed by atoms with Gasteiger partial charge in [0.15, 0.2) is 0 Å². The minimum Gasteiger partial charge on any atom is -0.478 e. The molecule has 2 nitrogen and oxygen atoms in total. The van der Waals surface area contributed by atoms with E-state index in [1.165, 1.54) is 6.07 Å². The molecule has 5 heteroatoms. The molecule has 1 aromatic carbocycles. The SMILES string of the molecule is O=C(O)c1cccc(CCCCCC(F)(F)F)c1. The van der Waals surface area contributed by atoms with Crippen LogP contribution in [-0.2, 0) is 6.42 Å². The number of hydrogen-bond acceptors (Lipinski definition) is 1. The first kappa shape index (κ1) is 14.5. The molecule has 0 bridgehead atoms. The van der Waals surface area contributed by atoms with Crippen molar-refractivity contribution in [3.63, 3.8) is 0 Å². The fourth-order valence-electron chi connectivity index (χ4n) is 1.69. The lowest BCUT2D eigenvalue weighted by Crippen LogP contribution is -2.06. The molecule has 0 fully saturated rings. The Morgan fingerprint density at radius 3 is 2.50 bits per heavy atom. The summed E-state index contributed by atoms with van der Waals surface area (Å²) < 4.78 is 35.6. The number of carboxylic acid groups (broad SMARTS) is 1. The van der Waals surface area contributed by atoms with Crippen LogP contribution in [0.15, 0.2) is 24.3 Å². The van der Waals surface area contributed by atoms with Gasteiger partial charge in [-0.3, -0.25) is 0 Å². The van der Waals surface area contributed by atoms with Crippen LogP contribution in [0.2, 0.25) is 0 Å². The van der Waals surface area contributed by atoms with Crippen molar-refractivity contribution in [3.8, 4) is 0 Å². The predicted octanol–water partition coefficient (Wildman–Crippen LogP) is 4.05. The zero-order valence-corrected chi connectivity index (χ0v) is 9.83. The molecule has 0 saturated carbocycles. The number of rotatable bonds is 6. The zero-order valence-electron chi connectivity index (χ0n) is 9.83. The quantitative estimate of drug-likeness (QED) is 0.783. The Bertz CT molecular complexity index is 399. The van der Waals surface area contributed by atoms with E-state index < -0.39 is 18.6 Å². The number of carboxylic acids is 1. The van der Waals surface area contributed by atoms with E-state index in [1.54, 1.807) is 18.2 Å². The first-order valence-electron chi connectivity index (χ1n) is 5.77. The third kappa shape index (κ3) is 5.70. The molecule has 0 spiro atoms. The molecule has 0 aliphatic rings. The summed E-state index contributed by atoms with van der Waals surface area (Å²) in [6.45, 7) is 0. The molecule has 0 heterocycles. The molecule has 0 unspecified atom stereocenters. The molecular formula is C13H15F3O2. The van der Waals surface area contributed by atoms with Gasteiger partial charge in [-0.15, -0.1) is 0 Å². The van der Waals surface area contributed by atoms with Gasteiger partial charge in [-0.05, 0) is 37.0 Å².